The smallest absolute Gasteiger partial charge is 0.248 e. The number of para-hydroxylation sites is 2. The fourth-order valence-electron chi connectivity index (χ4n) is 2.91. The number of rotatable bonds is 8. The van der Waals surface area contributed by atoms with Crippen LogP contribution in [-0.2, 0) is 17.9 Å². The van der Waals surface area contributed by atoms with Crippen LogP contribution in [0.25, 0.3) is 11.0 Å². The molecule has 7 nitrogen and oxygen atoms in total. The van der Waals surface area contributed by atoms with E-state index in [9.17, 15) is 4.79 Å². The maximum Gasteiger partial charge on any atom is 0.248 e. The molecular weight excluding hydrogens is 352 g/mol. The number of fused-ring (bicyclic) bond motifs is 1. The monoisotopic (exact) mass is 374 g/mol. The number of carbonyl (C=O) groups is 1. The molecule has 0 spiro atoms. The van der Waals surface area contributed by atoms with Crippen molar-refractivity contribution in [3.8, 4) is 0 Å². The lowest BCUT2D eigenvalue weighted by molar-refractivity contribution is -0.117. The van der Waals surface area contributed by atoms with Crippen molar-refractivity contribution in [1.29, 1.82) is 0 Å². The molecule has 1 aromatic carbocycles. The molecule has 0 aliphatic rings. The maximum atomic E-state index is 12.4. The van der Waals surface area contributed by atoms with Gasteiger partial charge in [-0.15, -0.1) is 0 Å². The van der Waals surface area contributed by atoms with Gasteiger partial charge in [-0.25, -0.2) is 4.98 Å². The Morgan fingerprint density at radius 1 is 1.27 bits per heavy atom. The maximum absolute atomic E-state index is 12.4. The van der Waals surface area contributed by atoms with E-state index in [2.05, 4.69) is 38.7 Å². The zero-order valence-electron chi connectivity index (χ0n) is 15.0. The van der Waals surface area contributed by atoms with E-state index in [4.69, 9.17) is 11.6 Å². The van der Waals surface area contributed by atoms with Gasteiger partial charge < -0.3 is 9.47 Å². The molecule has 0 aliphatic carbocycles. The Morgan fingerprint density at radius 2 is 2.04 bits per heavy atom. The lowest BCUT2D eigenvalue weighted by Gasteiger charge is -2.19. The van der Waals surface area contributed by atoms with E-state index in [1.54, 1.807) is 6.20 Å². The van der Waals surface area contributed by atoms with E-state index in [1.807, 2.05) is 24.3 Å². The summed E-state index contributed by atoms with van der Waals surface area (Å²) in [6.45, 7) is 8.01. The van der Waals surface area contributed by atoms with Crippen LogP contribution in [0.15, 0.2) is 36.7 Å². The SMILES string of the molecule is CCN(CC)CCn1c(NC(=O)Cn2cc(Cl)cn2)nc2ccccc21. The third-order valence-electron chi connectivity index (χ3n) is 4.35. The number of benzene rings is 1. The molecule has 2 heterocycles. The summed E-state index contributed by atoms with van der Waals surface area (Å²) in [7, 11) is 0. The molecule has 0 fully saturated rings. The molecule has 0 aliphatic heterocycles. The number of nitrogens with zero attached hydrogens (tertiary/aromatic N) is 5. The number of amides is 1. The highest BCUT2D eigenvalue weighted by Crippen LogP contribution is 2.19. The normalized spacial score (nSPS) is 11.4. The first-order valence-corrected chi connectivity index (χ1v) is 9.14. The number of nitrogens with one attached hydrogen (secondary N) is 1. The van der Waals surface area contributed by atoms with Gasteiger partial charge in [0.2, 0.25) is 11.9 Å². The van der Waals surface area contributed by atoms with Crippen molar-refractivity contribution >= 4 is 34.5 Å². The van der Waals surface area contributed by atoms with Gasteiger partial charge in [0, 0.05) is 19.3 Å². The van der Waals surface area contributed by atoms with E-state index in [0.717, 1.165) is 37.2 Å². The highest BCUT2D eigenvalue weighted by atomic mass is 35.5. The van der Waals surface area contributed by atoms with Crippen LogP contribution in [0.4, 0.5) is 5.95 Å². The van der Waals surface area contributed by atoms with Gasteiger partial charge in [-0.1, -0.05) is 37.6 Å². The first-order valence-electron chi connectivity index (χ1n) is 8.76. The van der Waals surface area contributed by atoms with Gasteiger partial charge in [-0.3, -0.25) is 14.8 Å². The van der Waals surface area contributed by atoms with Crippen molar-refractivity contribution < 1.29 is 4.79 Å². The predicted molar refractivity (Wildman–Crippen MR) is 103 cm³/mol. The predicted octanol–water partition coefficient (Wildman–Crippen LogP) is 2.87. The largest absolute Gasteiger partial charge is 0.309 e. The van der Waals surface area contributed by atoms with E-state index in [0.29, 0.717) is 11.0 Å². The third kappa shape index (κ3) is 4.23. The minimum Gasteiger partial charge on any atom is -0.309 e. The number of halogens is 1. The summed E-state index contributed by atoms with van der Waals surface area (Å²) in [5.74, 6) is 0.366. The Balaban J connectivity index is 1.79. The number of hydrogen-bond donors (Lipinski definition) is 1. The van der Waals surface area contributed by atoms with Crippen LogP contribution in [-0.4, -0.2) is 49.8 Å². The zero-order chi connectivity index (χ0) is 18.5. The molecule has 0 bridgehead atoms. The number of imidazole rings is 1. The molecule has 2 aromatic heterocycles. The van der Waals surface area contributed by atoms with Crippen LogP contribution in [0.1, 0.15) is 13.8 Å². The van der Waals surface area contributed by atoms with Gasteiger partial charge in [-0.2, -0.15) is 5.10 Å². The second-order valence-electron chi connectivity index (χ2n) is 6.01. The van der Waals surface area contributed by atoms with Gasteiger partial charge in [-0.05, 0) is 25.2 Å². The summed E-state index contributed by atoms with van der Waals surface area (Å²) >= 11 is 5.84. The second-order valence-corrected chi connectivity index (χ2v) is 6.44. The molecule has 8 heteroatoms. The van der Waals surface area contributed by atoms with Gasteiger partial charge in [0.05, 0.1) is 22.3 Å². The van der Waals surface area contributed by atoms with E-state index < -0.39 is 0 Å². The molecule has 3 aromatic rings. The minimum absolute atomic E-state index is 0.0893. The Morgan fingerprint density at radius 3 is 2.73 bits per heavy atom. The van der Waals surface area contributed by atoms with Gasteiger partial charge in [0.1, 0.15) is 6.54 Å². The summed E-state index contributed by atoms with van der Waals surface area (Å²) in [5, 5.41) is 7.45. The molecule has 0 unspecified atom stereocenters. The average Bonchev–Trinajstić information content (AvgIpc) is 3.19. The van der Waals surface area contributed by atoms with Crippen molar-refractivity contribution in [3.63, 3.8) is 0 Å². The van der Waals surface area contributed by atoms with Crippen LogP contribution in [0.3, 0.4) is 0 Å². The van der Waals surface area contributed by atoms with Gasteiger partial charge >= 0.3 is 0 Å². The Hall–Kier alpha value is -2.38. The molecule has 0 saturated carbocycles. The Labute approximate surface area is 157 Å². The van der Waals surface area contributed by atoms with Crippen molar-refractivity contribution in [3.05, 3.63) is 41.7 Å². The molecule has 1 N–H and O–H groups in total. The molecule has 1 amide bonds. The summed E-state index contributed by atoms with van der Waals surface area (Å²) < 4.78 is 3.56. The lowest BCUT2D eigenvalue weighted by Crippen LogP contribution is -2.28. The molecule has 3 rings (SSSR count). The van der Waals surface area contributed by atoms with Gasteiger partial charge in [0.25, 0.3) is 0 Å². The van der Waals surface area contributed by atoms with Crippen molar-refractivity contribution in [1.82, 2.24) is 24.2 Å². The number of carbonyl (C=O) groups excluding carboxylic acids is 1. The van der Waals surface area contributed by atoms with Crippen LogP contribution >= 0.6 is 11.6 Å². The van der Waals surface area contributed by atoms with Crippen LogP contribution < -0.4 is 5.32 Å². The second kappa shape index (κ2) is 8.33. The Kier molecular flexibility index (Phi) is 5.90. The standard InChI is InChI=1S/C18H23ClN6O/c1-3-23(4-2)9-10-25-16-8-6-5-7-15(16)21-18(25)22-17(26)13-24-12-14(19)11-20-24/h5-8,11-12H,3-4,9-10,13H2,1-2H3,(H,21,22,26). The van der Waals surface area contributed by atoms with E-state index in [1.165, 1.54) is 10.9 Å². The number of hydrogen-bond acceptors (Lipinski definition) is 4. The lowest BCUT2D eigenvalue weighted by atomic mass is 10.3. The third-order valence-corrected chi connectivity index (χ3v) is 4.54. The molecule has 0 atom stereocenters. The van der Waals surface area contributed by atoms with E-state index >= 15 is 0 Å². The summed E-state index contributed by atoms with van der Waals surface area (Å²) in [5.41, 5.74) is 1.88. The van der Waals surface area contributed by atoms with Crippen molar-refractivity contribution in [2.75, 3.05) is 25.0 Å². The molecule has 138 valence electrons. The molecular formula is C18H23ClN6O. The zero-order valence-corrected chi connectivity index (χ0v) is 15.8. The number of aromatic nitrogens is 4. The van der Waals surface area contributed by atoms with E-state index in [-0.39, 0.29) is 12.5 Å². The number of anilines is 1. The summed E-state index contributed by atoms with van der Waals surface area (Å²) in [6.07, 6.45) is 3.12. The highest BCUT2D eigenvalue weighted by molar-refractivity contribution is 6.30. The first kappa shape index (κ1) is 18.4. The summed E-state index contributed by atoms with van der Waals surface area (Å²) in [6, 6.07) is 7.90. The van der Waals surface area contributed by atoms with Crippen LogP contribution in [0, 0.1) is 0 Å². The first-order chi connectivity index (χ1) is 12.6. The van der Waals surface area contributed by atoms with Crippen molar-refractivity contribution in [2.45, 2.75) is 26.9 Å². The fraction of sp³-hybridized carbons (Fsp3) is 0.389. The highest BCUT2D eigenvalue weighted by Gasteiger charge is 2.14. The molecule has 26 heavy (non-hydrogen) atoms. The minimum atomic E-state index is -0.191. The quantitative estimate of drug-likeness (QED) is 0.658. The fourth-order valence-corrected chi connectivity index (χ4v) is 3.07. The summed E-state index contributed by atoms with van der Waals surface area (Å²) in [4.78, 5) is 19.3. The van der Waals surface area contributed by atoms with Gasteiger partial charge in [0.15, 0.2) is 0 Å². The average molecular weight is 375 g/mol. The van der Waals surface area contributed by atoms with Crippen LogP contribution in [0.2, 0.25) is 5.02 Å². The molecule has 0 saturated heterocycles. The molecule has 0 radical (unpaired) electrons. The Bertz CT molecular complexity index is 883. The van der Waals surface area contributed by atoms with Crippen LogP contribution in [0.5, 0.6) is 0 Å². The number of likely N-dealkylation sites (N-methyl/N-ethyl adjacent to an activating group) is 1. The topological polar surface area (TPSA) is 68.0 Å². The van der Waals surface area contributed by atoms with Crippen molar-refractivity contribution in [2.24, 2.45) is 0 Å².